The van der Waals surface area contributed by atoms with E-state index in [2.05, 4.69) is 20.9 Å². The highest BCUT2D eigenvalue weighted by molar-refractivity contribution is 9.10. The van der Waals surface area contributed by atoms with Crippen molar-refractivity contribution in [2.75, 3.05) is 0 Å². The standard InChI is InChI=1S/C15H8BrClFNO/c16-10-4-2-6-12-13(10)9(7-19-12)15(20)8-3-1-5-11(18)14(8)17/h1-7,19H. The highest BCUT2D eigenvalue weighted by atomic mass is 79.9. The maximum absolute atomic E-state index is 13.5. The number of carbonyl (C=O) groups is 1. The number of halogens is 3. The van der Waals surface area contributed by atoms with Crippen molar-refractivity contribution in [3.63, 3.8) is 0 Å². The molecule has 20 heavy (non-hydrogen) atoms. The van der Waals surface area contributed by atoms with Crippen molar-refractivity contribution in [2.45, 2.75) is 0 Å². The first kappa shape index (κ1) is 13.3. The summed E-state index contributed by atoms with van der Waals surface area (Å²) in [6.07, 6.45) is 1.61. The van der Waals surface area contributed by atoms with Crippen molar-refractivity contribution in [1.82, 2.24) is 4.98 Å². The average molecular weight is 353 g/mol. The van der Waals surface area contributed by atoms with Crippen LogP contribution >= 0.6 is 27.5 Å². The predicted octanol–water partition coefficient (Wildman–Crippen LogP) is 4.95. The van der Waals surface area contributed by atoms with E-state index in [-0.39, 0.29) is 16.4 Å². The molecule has 2 aromatic carbocycles. The van der Waals surface area contributed by atoms with E-state index in [0.29, 0.717) is 5.56 Å². The lowest BCUT2D eigenvalue weighted by Gasteiger charge is -2.04. The number of hydrogen-bond acceptors (Lipinski definition) is 1. The molecule has 0 saturated carbocycles. The highest BCUT2D eigenvalue weighted by Crippen LogP contribution is 2.30. The average Bonchev–Trinajstić information content (AvgIpc) is 2.86. The highest BCUT2D eigenvalue weighted by Gasteiger charge is 2.19. The molecule has 0 atom stereocenters. The first-order valence-electron chi connectivity index (χ1n) is 5.84. The zero-order chi connectivity index (χ0) is 14.3. The smallest absolute Gasteiger partial charge is 0.196 e. The summed E-state index contributed by atoms with van der Waals surface area (Å²) in [7, 11) is 0. The molecule has 0 unspecified atom stereocenters. The predicted molar refractivity (Wildman–Crippen MR) is 80.8 cm³/mol. The fourth-order valence-corrected chi connectivity index (χ4v) is 2.94. The molecule has 1 N–H and O–H groups in total. The van der Waals surface area contributed by atoms with Gasteiger partial charge in [0.05, 0.1) is 5.02 Å². The lowest BCUT2D eigenvalue weighted by molar-refractivity contribution is 0.104. The van der Waals surface area contributed by atoms with E-state index in [1.807, 2.05) is 18.2 Å². The Morgan fingerprint density at radius 2 is 1.90 bits per heavy atom. The second-order valence-corrected chi connectivity index (χ2v) is 5.53. The number of ketones is 1. The molecule has 3 aromatic rings. The summed E-state index contributed by atoms with van der Waals surface area (Å²) < 4.78 is 14.3. The molecule has 0 aliphatic carbocycles. The Balaban J connectivity index is 2.21. The van der Waals surface area contributed by atoms with E-state index >= 15 is 0 Å². The lowest BCUT2D eigenvalue weighted by atomic mass is 10.0. The molecule has 1 heterocycles. The quantitative estimate of drug-likeness (QED) is 0.650. The number of hydrogen-bond donors (Lipinski definition) is 1. The molecule has 1 aromatic heterocycles. The van der Waals surface area contributed by atoms with Gasteiger partial charge >= 0.3 is 0 Å². The van der Waals surface area contributed by atoms with Crippen molar-refractivity contribution in [3.05, 3.63) is 69.0 Å². The fraction of sp³-hybridized carbons (Fsp3) is 0. The van der Waals surface area contributed by atoms with Gasteiger partial charge < -0.3 is 4.98 Å². The molecule has 0 amide bonds. The Morgan fingerprint density at radius 1 is 1.15 bits per heavy atom. The van der Waals surface area contributed by atoms with E-state index in [4.69, 9.17) is 11.6 Å². The van der Waals surface area contributed by atoms with Crippen molar-refractivity contribution in [2.24, 2.45) is 0 Å². The number of nitrogens with one attached hydrogen (secondary N) is 1. The number of H-pyrrole nitrogens is 1. The van der Waals surface area contributed by atoms with Crippen LogP contribution in [-0.2, 0) is 0 Å². The number of fused-ring (bicyclic) bond motifs is 1. The van der Waals surface area contributed by atoms with Crippen LogP contribution in [0.15, 0.2) is 47.1 Å². The van der Waals surface area contributed by atoms with Crippen molar-refractivity contribution in [1.29, 1.82) is 0 Å². The fourth-order valence-electron chi connectivity index (χ4n) is 2.14. The molecule has 2 nitrogen and oxygen atoms in total. The summed E-state index contributed by atoms with van der Waals surface area (Å²) in [5, 5.41) is 0.608. The second-order valence-electron chi connectivity index (χ2n) is 4.30. The minimum Gasteiger partial charge on any atom is -0.360 e. The summed E-state index contributed by atoms with van der Waals surface area (Å²) in [5.74, 6) is -0.913. The zero-order valence-corrected chi connectivity index (χ0v) is 12.4. The van der Waals surface area contributed by atoms with Gasteiger partial charge in [-0.3, -0.25) is 4.79 Å². The van der Waals surface area contributed by atoms with Gasteiger partial charge in [0.25, 0.3) is 0 Å². The van der Waals surface area contributed by atoms with Crippen LogP contribution in [0.4, 0.5) is 4.39 Å². The summed E-state index contributed by atoms with van der Waals surface area (Å²) in [5.41, 5.74) is 1.44. The maximum atomic E-state index is 13.5. The monoisotopic (exact) mass is 351 g/mol. The second kappa shape index (κ2) is 5.04. The van der Waals surface area contributed by atoms with Gasteiger partial charge in [0.2, 0.25) is 0 Å². The Bertz CT molecular complexity index is 828. The van der Waals surface area contributed by atoms with Crippen LogP contribution in [0.25, 0.3) is 10.9 Å². The van der Waals surface area contributed by atoms with Gasteiger partial charge in [-0.15, -0.1) is 0 Å². The number of benzene rings is 2. The van der Waals surface area contributed by atoms with Crippen molar-refractivity contribution < 1.29 is 9.18 Å². The van der Waals surface area contributed by atoms with Crippen LogP contribution in [0.3, 0.4) is 0 Å². The molecule has 3 rings (SSSR count). The lowest BCUT2D eigenvalue weighted by Crippen LogP contribution is -2.02. The summed E-state index contributed by atoms with van der Waals surface area (Å²) in [4.78, 5) is 15.6. The van der Waals surface area contributed by atoms with Gasteiger partial charge in [-0.1, -0.05) is 39.7 Å². The van der Waals surface area contributed by atoms with Gasteiger partial charge in [0.15, 0.2) is 5.78 Å². The summed E-state index contributed by atoms with van der Waals surface area (Å²) in [6, 6.07) is 9.79. The number of aromatic amines is 1. The minimum atomic E-state index is -0.601. The number of aromatic nitrogens is 1. The molecular formula is C15H8BrClFNO. The van der Waals surface area contributed by atoms with Crippen molar-refractivity contribution in [3.8, 4) is 0 Å². The third-order valence-electron chi connectivity index (χ3n) is 3.10. The maximum Gasteiger partial charge on any atom is 0.196 e. The van der Waals surface area contributed by atoms with E-state index in [0.717, 1.165) is 15.4 Å². The van der Waals surface area contributed by atoms with Gasteiger partial charge in [0, 0.05) is 32.7 Å². The molecule has 0 aliphatic heterocycles. The minimum absolute atomic E-state index is 0.154. The van der Waals surface area contributed by atoms with E-state index in [1.165, 1.54) is 18.2 Å². The molecular weight excluding hydrogens is 345 g/mol. The number of carbonyl (C=O) groups excluding carboxylic acids is 1. The molecule has 0 aliphatic rings. The summed E-state index contributed by atoms with van der Waals surface area (Å²) >= 11 is 9.30. The van der Waals surface area contributed by atoms with Crippen LogP contribution in [0.5, 0.6) is 0 Å². The Morgan fingerprint density at radius 3 is 2.70 bits per heavy atom. The Hall–Kier alpha value is -1.65. The van der Waals surface area contributed by atoms with E-state index in [9.17, 15) is 9.18 Å². The Labute approximate surface area is 127 Å². The molecule has 100 valence electrons. The van der Waals surface area contributed by atoms with Gasteiger partial charge in [-0.05, 0) is 24.3 Å². The molecule has 0 bridgehead atoms. The van der Waals surface area contributed by atoms with Gasteiger partial charge in [0.1, 0.15) is 5.82 Å². The van der Waals surface area contributed by atoms with Crippen LogP contribution in [0, 0.1) is 5.82 Å². The van der Waals surface area contributed by atoms with Crippen LogP contribution < -0.4 is 0 Å². The first-order valence-corrected chi connectivity index (χ1v) is 7.01. The SMILES string of the molecule is O=C(c1cccc(F)c1Cl)c1c[nH]c2cccc(Br)c12. The third-order valence-corrected chi connectivity index (χ3v) is 4.14. The molecule has 0 fully saturated rings. The van der Waals surface area contributed by atoms with Gasteiger partial charge in [-0.25, -0.2) is 4.39 Å². The Kier molecular flexibility index (Phi) is 3.36. The topological polar surface area (TPSA) is 32.9 Å². The van der Waals surface area contributed by atoms with Crippen LogP contribution in [0.1, 0.15) is 15.9 Å². The largest absolute Gasteiger partial charge is 0.360 e. The van der Waals surface area contributed by atoms with E-state index in [1.54, 1.807) is 6.20 Å². The van der Waals surface area contributed by atoms with Crippen molar-refractivity contribution >= 4 is 44.2 Å². The summed E-state index contributed by atoms with van der Waals surface area (Å²) in [6.45, 7) is 0. The normalized spacial score (nSPS) is 10.9. The molecule has 0 saturated heterocycles. The van der Waals surface area contributed by atoms with Crippen LogP contribution in [0.2, 0.25) is 5.02 Å². The van der Waals surface area contributed by atoms with Crippen LogP contribution in [-0.4, -0.2) is 10.8 Å². The third kappa shape index (κ3) is 2.05. The molecule has 0 spiro atoms. The first-order chi connectivity index (χ1) is 9.59. The zero-order valence-electron chi connectivity index (χ0n) is 10.1. The van der Waals surface area contributed by atoms with E-state index < -0.39 is 5.82 Å². The van der Waals surface area contributed by atoms with Gasteiger partial charge in [-0.2, -0.15) is 0 Å². The number of rotatable bonds is 2. The molecule has 0 radical (unpaired) electrons. The molecule has 5 heteroatoms.